The molecule has 15 nitrogen and oxygen atoms in total. The van der Waals surface area contributed by atoms with E-state index in [1.165, 1.54) is 24.1 Å². The lowest BCUT2D eigenvalue weighted by Crippen LogP contribution is -2.58. The number of benzene rings is 2. The van der Waals surface area contributed by atoms with Crippen LogP contribution in [-0.2, 0) is 29.1 Å². The number of hydrogen-bond donors (Lipinski definition) is 3. The highest BCUT2D eigenvalue weighted by Gasteiger charge is 2.62. The molecule has 2 aliphatic heterocycles. The Morgan fingerprint density at radius 1 is 0.968 bits per heavy atom. The zero-order chi connectivity index (χ0) is 43.2. The molecular formula is C45H50FN5O10S. The molecule has 3 aliphatic carbocycles. The average molecular weight is 872 g/mol. The zero-order valence-electron chi connectivity index (χ0n) is 34.4. The molecule has 4 fully saturated rings. The molecule has 3 N–H and O–H groups in total. The predicted octanol–water partition coefficient (Wildman–Crippen LogP) is 6.19. The molecular weight excluding hydrogens is 822 g/mol. The Morgan fingerprint density at radius 2 is 1.76 bits per heavy atom. The molecule has 4 aromatic rings. The van der Waals surface area contributed by atoms with Gasteiger partial charge in [-0.1, -0.05) is 43.2 Å². The number of hydrogen-bond acceptors (Lipinski definition) is 11. The van der Waals surface area contributed by atoms with Crippen molar-refractivity contribution in [3.63, 3.8) is 0 Å². The number of rotatable bonds is 9. The van der Waals surface area contributed by atoms with Crippen molar-refractivity contribution in [2.75, 3.05) is 13.7 Å². The number of carbonyl (C=O) groups is 4. The monoisotopic (exact) mass is 871 g/mol. The lowest BCUT2D eigenvalue weighted by molar-refractivity contribution is -0.141. The summed E-state index contributed by atoms with van der Waals surface area (Å²) in [6, 6.07) is 11.0. The van der Waals surface area contributed by atoms with E-state index >= 15 is 4.39 Å². The van der Waals surface area contributed by atoms with E-state index in [1.54, 1.807) is 24.3 Å². The van der Waals surface area contributed by atoms with Crippen LogP contribution in [0.1, 0.15) is 83.5 Å². The fourth-order valence-corrected chi connectivity index (χ4v) is 10.5. The number of carbonyl (C=O) groups excluding carboxylic acids is 4. The second-order valence-electron chi connectivity index (χ2n) is 17.1. The van der Waals surface area contributed by atoms with Gasteiger partial charge >= 0.3 is 6.09 Å². The Hall–Kier alpha value is -5.71. The van der Waals surface area contributed by atoms with Gasteiger partial charge in [0.2, 0.25) is 21.8 Å². The van der Waals surface area contributed by atoms with Crippen LogP contribution in [0.3, 0.4) is 0 Å². The third-order valence-corrected chi connectivity index (χ3v) is 14.6. The van der Waals surface area contributed by atoms with Crippen molar-refractivity contribution >= 4 is 55.9 Å². The summed E-state index contributed by atoms with van der Waals surface area (Å²) in [4.78, 5) is 62.8. The summed E-state index contributed by atoms with van der Waals surface area (Å²) in [5.41, 5.74) is 0.0143. The SMILES string of the molecule is COc1ccccc1-c1cc(O[C@@H]2C[C@H]3C(=O)N[C@]4(C(=O)NS(=O)(=O)C5CC5)C[C@H]4C=CCCCCC[C@H](NC(=O)OC4CCCC4)C(=O)N3C2)c2oc3cccc(F)c3c2n1. The fourth-order valence-electron chi connectivity index (χ4n) is 9.15. The average Bonchev–Trinajstić information content (AvgIpc) is 4.06. The van der Waals surface area contributed by atoms with Crippen molar-refractivity contribution in [2.45, 2.75) is 119 Å². The molecule has 0 bridgehead atoms. The van der Waals surface area contributed by atoms with Gasteiger partial charge in [-0.15, -0.1) is 0 Å². The molecule has 2 aromatic carbocycles. The molecule has 9 rings (SSSR count). The molecule has 4 amide bonds. The Kier molecular flexibility index (Phi) is 11.3. The second kappa shape index (κ2) is 16.9. The van der Waals surface area contributed by atoms with Crippen LogP contribution >= 0.6 is 0 Å². The Morgan fingerprint density at radius 3 is 2.55 bits per heavy atom. The number of methoxy groups -OCH3 is 1. The summed E-state index contributed by atoms with van der Waals surface area (Å²) < 4.78 is 67.8. The number of pyridine rings is 1. The maximum absolute atomic E-state index is 15.5. The number of aromatic nitrogens is 1. The number of nitrogens with one attached hydrogen (secondary N) is 3. The van der Waals surface area contributed by atoms with Gasteiger partial charge in [-0.3, -0.25) is 19.1 Å². The first-order valence-corrected chi connectivity index (χ1v) is 23.1. The number of fused-ring (bicyclic) bond motifs is 5. The van der Waals surface area contributed by atoms with Crippen molar-refractivity contribution in [1.29, 1.82) is 0 Å². The van der Waals surface area contributed by atoms with Crippen LogP contribution in [0.4, 0.5) is 9.18 Å². The van der Waals surface area contributed by atoms with Gasteiger partial charge in [-0.05, 0) is 88.5 Å². The first-order valence-electron chi connectivity index (χ1n) is 21.6. The minimum Gasteiger partial charge on any atom is -0.496 e. The quantitative estimate of drug-likeness (QED) is 0.163. The molecule has 0 unspecified atom stereocenters. The van der Waals surface area contributed by atoms with Crippen LogP contribution < -0.4 is 24.8 Å². The first kappa shape index (κ1) is 41.6. The maximum atomic E-state index is 15.5. The number of alkyl carbamates (subject to hydrolysis) is 1. The Labute approximate surface area is 358 Å². The van der Waals surface area contributed by atoms with Crippen LogP contribution in [0, 0.1) is 11.7 Å². The standard InChI is InChI=1S/C45H50FN5O10S/c1-58-35-18-10-9-15-30(35)33-23-37(40-39(47-33)38-31(46)16-11-19-36(38)61-40)59-28-22-34-41(52)49-45(43(54)50-62(56,57)29-20-21-29)24-26(45)12-5-3-2-4-6-17-32(42(53)51(34)25-28)48-44(55)60-27-13-7-8-14-27/h5,9-12,15-16,18-19,23,26-29,32,34H,2-4,6-8,13-14,17,20-22,24-25H2,1H3,(H,48,55)(H,49,52)(H,50,54)/t26-,28-,32+,34+,45-/m1/s1. The molecule has 17 heteroatoms. The number of nitrogens with zero attached hydrogens (tertiary/aromatic N) is 2. The van der Waals surface area contributed by atoms with Crippen LogP contribution in [0.2, 0.25) is 0 Å². The first-order chi connectivity index (χ1) is 29.9. The third-order valence-electron chi connectivity index (χ3n) is 12.8. The van der Waals surface area contributed by atoms with E-state index in [4.69, 9.17) is 23.6 Å². The predicted molar refractivity (Wildman–Crippen MR) is 225 cm³/mol. The van der Waals surface area contributed by atoms with E-state index in [0.717, 1.165) is 38.5 Å². The number of sulfonamides is 1. The van der Waals surface area contributed by atoms with E-state index in [0.29, 0.717) is 42.7 Å². The largest absolute Gasteiger partial charge is 0.496 e. The maximum Gasteiger partial charge on any atom is 0.408 e. The number of amides is 4. The summed E-state index contributed by atoms with van der Waals surface area (Å²) in [6.07, 6.45) is 9.40. The highest BCUT2D eigenvalue weighted by atomic mass is 32.2. The minimum absolute atomic E-state index is 0.0577. The van der Waals surface area contributed by atoms with Crippen molar-refractivity contribution in [3.8, 4) is 22.8 Å². The lowest BCUT2D eigenvalue weighted by Gasteiger charge is -2.30. The van der Waals surface area contributed by atoms with E-state index in [1.807, 2.05) is 24.3 Å². The van der Waals surface area contributed by atoms with Crippen molar-refractivity contribution in [1.82, 2.24) is 25.2 Å². The molecule has 62 heavy (non-hydrogen) atoms. The lowest BCUT2D eigenvalue weighted by atomic mass is 10.0. The van der Waals surface area contributed by atoms with Gasteiger partial charge in [0, 0.05) is 24.0 Å². The summed E-state index contributed by atoms with van der Waals surface area (Å²) in [7, 11) is -2.42. The van der Waals surface area contributed by atoms with E-state index in [2.05, 4.69) is 15.4 Å². The summed E-state index contributed by atoms with van der Waals surface area (Å²) >= 11 is 0. The highest BCUT2D eigenvalue weighted by molar-refractivity contribution is 7.91. The fraction of sp³-hybridized carbons (Fsp3) is 0.489. The molecule has 4 heterocycles. The molecule has 0 spiro atoms. The van der Waals surface area contributed by atoms with Crippen LogP contribution in [-0.4, -0.2) is 90.9 Å². The minimum atomic E-state index is -3.94. The zero-order valence-corrected chi connectivity index (χ0v) is 35.2. The van der Waals surface area contributed by atoms with Gasteiger partial charge in [0.25, 0.3) is 5.91 Å². The van der Waals surface area contributed by atoms with Gasteiger partial charge in [-0.2, -0.15) is 0 Å². The van der Waals surface area contributed by atoms with Crippen molar-refractivity contribution in [2.24, 2.45) is 5.92 Å². The number of allylic oxidation sites excluding steroid dienone is 1. The van der Waals surface area contributed by atoms with Crippen molar-refractivity contribution in [3.05, 3.63) is 66.5 Å². The Bertz CT molecular complexity index is 2550. The molecule has 0 radical (unpaired) electrons. The number of ether oxygens (including phenoxy) is 3. The van der Waals surface area contributed by atoms with E-state index in [9.17, 15) is 27.6 Å². The normalized spacial score (nSPS) is 25.9. The van der Waals surface area contributed by atoms with Crippen LogP contribution in [0.15, 0.2) is 65.1 Å². The number of halogens is 1. The molecule has 5 atom stereocenters. The van der Waals surface area contributed by atoms with Gasteiger partial charge in [0.1, 0.15) is 52.5 Å². The number of furan rings is 1. The highest BCUT2D eigenvalue weighted by Crippen LogP contribution is 2.46. The van der Waals surface area contributed by atoms with E-state index < -0.39 is 74.5 Å². The van der Waals surface area contributed by atoms with Crippen molar-refractivity contribution < 1.29 is 50.6 Å². The van der Waals surface area contributed by atoms with Gasteiger partial charge in [0.15, 0.2) is 11.3 Å². The molecule has 3 saturated carbocycles. The van der Waals surface area contributed by atoms with E-state index in [-0.39, 0.29) is 59.7 Å². The Balaban J connectivity index is 1.07. The van der Waals surface area contributed by atoms with Gasteiger partial charge < -0.3 is 34.2 Å². The summed E-state index contributed by atoms with van der Waals surface area (Å²) in [6.45, 7) is -0.117. The van der Waals surface area contributed by atoms with Gasteiger partial charge in [-0.25, -0.2) is 22.6 Å². The van der Waals surface area contributed by atoms with Crippen LogP contribution in [0.25, 0.3) is 33.3 Å². The third kappa shape index (κ3) is 8.30. The van der Waals surface area contributed by atoms with Crippen LogP contribution in [0.5, 0.6) is 11.5 Å². The second-order valence-corrected chi connectivity index (χ2v) is 19.1. The molecule has 2 aromatic heterocycles. The van der Waals surface area contributed by atoms with Gasteiger partial charge in [0.05, 0.1) is 30.0 Å². The molecule has 328 valence electrons. The molecule has 5 aliphatic rings. The topological polar surface area (TPSA) is 195 Å². The smallest absolute Gasteiger partial charge is 0.408 e. The summed E-state index contributed by atoms with van der Waals surface area (Å²) in [5, 5.41) is 5.18. The molecule has 1 saturated heterocycles. The number of para-hydroxylation sites is 1. The summed E-state index contributed by atoms with van der Waals surface area (Å²) in [5.74, 6) is -2.38.